The Kier molecular flexibility index (Phi) is 25.5. The van der Waals surface area contributed by atoms with Crippen LogP contribution in [0.15, 0.2) is 54.6 Å². The summed E-state index contributed by atoms with van der Waals surface area (Å²) in [7, 11) is 20.5. The summed E-state index contributed by atoms with van der Waals surface area (Å²) in [4.78, 5) is 32.4. The van der Waals surface area contributed by atoms with E-state index >= 15 is 0 Å². The summed E-state index contributed by atoms with van der Waals surface area (Å²) < 4.78 is 102. The Morgan fingerprint density at radius 2 is 0.755 bits per heavy atom. The normalized spacial score (nSPS) is 20.2. The fourth-order valence-electron chi connectivity index (χ4n) is 14.2. The third-order valence-corrected chi connectivity index (χ3v) is 18.3. The van der Waals surface area contributed by atoms with Crippen LogP contribution in [0.1, 0.15) is 141 Å². The van der Waals surface area contributed by atoms with Gasteiger partial charge in [0.2, 0.25) is 37.6 Å². The average Bonchev–Trinajstić information content (AvgIpc) is 1.67. The summed E-state index contributed by atoms with van der Waals surface area (Å²) in [5.74, 6) is 8.34. The van der Waals surface area contributed by atoms with Crippen LogP contribution in [-0.4, -0.2) is 180 Å². The van der Waals surface area contributed by atoms with E-state index in [-0.39, 0.29) is 99.0 Å². The van der Waals surface area contributed by atoms with Crippen molar-refractivity contribution in [3.05, 3.63) is 121 Å². The fraction of sp³-hybridized carbons (Fsp3) is 0.465. The van der Waals surface area contributed by atoms with Crippen LogP contribution in [0.25, 0.3) is 0 Å². The Morgan fingerprint density at radius 3 is 1.07 bits per heavy atom. The molecule has 0 amide bonds. The van der Waals surface area contributed by atoms with Gasteiger partial charge in [0.05, 0.1) is 88.7 Å². The second kappa shape index (κ2) is 32.9. The zero-order valence-corrected chi connectivity index (χ0v) is 60.8. The maximum atomic E-state index is 12.9. The number of fused-ring (bicyclic) bond motifs is 9. The number of methoxy groups -OCH3 is 9. The first kappa shape index (κ1) is 76.0. The Morgan fingerprint density at radius 1 is 0.449 bits per heavy atom. The third kappa shape index (κ3) is 13.5. The van der Waals surface area contributed by atoms with Crippen molar-refractivity contribution >= 4 is 28.8 Å². The maximum absolute atomic E-state index is 12.9. The van der Waals surface area contributed by atoms with Gasteiger partial charge in [0, 0.05) is 76.4 Å². The van der Waals surface area contributed by atoms with Gasteiger partial charge in [0.25, 0.3) is 0 Å². The minimum atomic E-state index is -0.523. The quantitative estimate of drug-likeness (QED) is 0.0983. The smallest absolute Gasteiger partial charge is 1.00 e. The summed E-state index contributed by atoms with van der Waals surface area (Å²) >= 11 is 0. The Labute approximate surface area is 599 Å². The first-order valence-corrected chi connectivity index (χ1v) is 31.6. The molecule has 0 saturated carbocycles. The molecule has 0 aromatic heterocycles. The number of aliphatic hydroxyl groups is 1. The number of nitrogens with zero attached hydrogens (tertiary/aromatic N) is 3. The molecule has 24 nitrogen and oxygen atoms in total. The third-order valence-electron chi connectivity index (χ3n) is 18.3. The van der Waals surface area contributed by atoms with Gasteiger partial charge in [-0.25, -0.2) is 9.59 Å². The van der Waals surface area contributed by atoms with E-state index in [9.17, 15) is 9.59 Å². The fourth-order valence-corrected chi connectivity index (χ4v) is 14.2. The summed E-state index contributed by atoms with van der Waals surface area (Å²) in [5.41, 5.74) is 10.9. The number of rotatable bonds is 12. The molecule has 0 spiro atoms. The van der Waals surface area contributed by atoms with Crippen molar-refractivity contribution in [2.75, 3.05) is 132 Å². The van der Waals surface area contributed by atoms with Crippen LogP contribution in [0.2, 0.25) is 0 Å². The Bertz CT molecular complexity index is 3700. The molecule has 98 heavy (non-hydrogen) atoms. The molecule has 6 atom stereocenters. The average molecular weight is 1360 g/mol. The van der Waals surface area contributed by atoms with Gasteiger partial charge in [-0.1, -0.05) is 38.5 Å². The SMILES string of the molecule is CCC.CCO.COc1ccc2c(c1OC)C(=O)O[C@@H]2[C@H]1c2c(cc3c(c2OC)OCO3)CCN1C.COc1ccc2c(c1OC)C(=O)O[C@@H]2[C@H]1c2c(cc3c(c2OC)OCO3)CCN1C.COc1ccc2c(c1OC)CO[C@@H]2[C@H]1c2c(cc3c(c2OC)OCO3)CCN1C.[B].[B].[H-].[Na+]. The molecule has 9 aliphatic rings. The summed E-state index contributed by atoms with van der Waals surface area (Å²) in [5, 5.41) is 7.57. The molecule has 0 unspecified atom stereocenters. The van der Waals surface area contributed by atoms with Gasteiger partial charge in [0.15, 0.2) is 69.0 Å². The molecule has 0 bridgehead atoms. The topological polar surface area (TPSA) is 230 Å². The van der Waals surface area contributed by atoms with E-state index in [1.807, 2.05) is 44.4 Å². The standard InChI is InChI=1S/2C22H23NO7.C22H25NO6.C3H8.C2H6O.2B.Na.H/c2*1-23-8-7-11-9-14-20(29-10-28-14)21(27-4)15(11)17(23)18-12-5-6-13(25-2)19(26-3)16(12)22(24)30-18;1-23-8-7-12-9-16-21(29-11-28-16)22(26-4)17(12)18(23)20-13-5-6-15(24-2)19(25-3)14(13)10-27-20;1-3-2;1-2-3;;;;/h2*5-6,9,17-18H,7-8,10H2,1-4H3;5-6,9,18,20H,7-8,10-11H2,1-4H3;3H2,1-2H3;3H,2H2,1H3;;;;/q;;;;;;;+1;-1/t2*17-,18+;18-,20+;;;;;;/m111....../s1. The molecule has 6 aromatic rings. The van der Waals surface area contributed by atoms with Crippen LogP contribution in [0, 0.1) is 0 Å². The number of likely N-dealkylation sites (N-methyl/N-ethyl adjacent to an activating group) is 3. The zero-order valence-electron chi connectivity index (χ0n) is 59.8. The number of hydrogen-bond acceptors (Lipinski definition) is 24. The minimum Gasteiger partial charge on any atom is -1.00 e. The second-order valence-electron chi connectivity index (χ2n) is 23.5. The molecule has 15 rings (SSSR count). The van der Waals surface area contributed by atoms with E-state index in [1.54, 1.807) is 68.8 Å². The summed E-state index contributed by atoms with van der Waals surface area (Å²) in [6, 6.07) is 17.0. The number of aliphatic hydroxyl groups excluding tert-OH is 1. The first-order valence-electron chi connectivity index (χ1n) is 31.6. The first-order chi connectivity index (χ1) is 46.2. The van der Waals surface area contributed by atoms with Gasteiger partial charge in [-0.2, -0.15) is 0 Å². The van der Waals surface area contributed by atoms with Gasteiger partial charge in [-0.15, -0.1) is 0 Å². The molecule has 0 aliphatic carbocycles. The predicted octanol–water partition coefficient (Wildman–Crippen LogP) is 6.78. The summed E-state index contributed by atoms with van der Waals surface area (Å²) in [6.45, 7) is 9.72. The van der Waals surface area contributed by atoms with Crippen LogP contribution < -0.4 is 101 Å². The largest absolute Gasteiger partial charge is 1.00 e. The number of carbonyl (C=O) groups is 2. The van der Waals surface area contributed by atoms with E-state index in [2.05, 4.69) is 47.7 Å². The monoisotopic (exact) mass is 1360 g/mol. The Balaban J connectivity index is 0.000000197. The van der Waals surface area contributed by atoms with Crippen molar-refractivity contribution in [1.82, 2.24) is 14.7 Å². The molecule has 9 heterocycles. The molecule has 518 valence electrons. The molecule has 0 fully saturated rings. The number of carbonyl (C=O) groups excluding carboxylic acids is 2. The van der Waals surface area contributed by atoms with E-state index < -0.39 is 24.1 Å². The van der Waals surface area contributed by atoms with Crippen LogP contribution in [-0.2, 0) is 40.1 Å². The molecular weight excluding hydrogens is 1280 g/mol. The number of cyclic esters (lactones) is 2. The van der Waals surface area contributed by atoms with E-state index in [4.69, 9.17) is 90.4 Å². The minimum absolute atomic E-state index is 0. The number of esters is 2. The molecule has 27 heteroatoms. The van der Waals surface area contributed by atoms with Gasteiger partial charge >= 0.3 is 41.5 Å². The molecule has 0 saturated heterocycles. The predicted molar refractivity (Wildman–Crippen MR) is 358 cm³/mol. The molecular formula is C71H86B2N3NaO21. The van der Waals surface area contributed by atoms with Crippen molar-refractivity contribution in [3.8, 4) is 86.2 Å². The van der Waals surface area contributed by atoms with Crippen LogP contribution in [0.5, 0.6) is 86.2 Å². The van der Waals surface area contributed by atoms with Crippen molar-refractivity contribution in [1.29, 1.82) is 0 Å². The second-order valence-corrected chi connectivity index (χ2v) is 23.5. The number of benzene rings is 6. The van der Waals surface area contributed by atoms with Crippen LogP contribution >= 0.6 is 0 Å². The van der Waals surface area contributed by atoms with Crippen molar-refractivity contribution in [2.24, 2.45) is 0 Å². The van der Waals surface area contributed by atoms with E-state index in [0.717, 1.165) is 106 Å². The Hall–Kier alpha value is -7.81. The molecule has 1 N–H and O–H groups in total. The van der Waals surface area contributed by atoms with Gasteiger partial charge in [-0.3, -0.25) is 14.7 Å². The maximum Gasteiger partial charge on any atom is 1.00 e. The van der Waals surface area contributed by atoms with Crippen LogP contribution in [0.3, 0.4) is 0 Å². The molecule has 9 aliphatic heterocycles. The van der Waals surface area contributed by atoms with E-state index in [1.165, 1.54) is 26.2 Å². The van der Waals surface area contributed by atoms with Crippen LogP contribution in [0.4, 0.5) is 0 Å². The van der Waals surface area contributed by atoms with Gasteiger partial charge in [0.1, 0.15) is 29.4 Å². The van der Waals surface area contributed by atoms with E-state index in [0.29, 0.717) is 86.7 Å². The van der Waals surface area contributed by atoms with Crippen molar-refractivity contribution in [3.63, 3.8) is 0 Å². The number of ether oxygens (including phenoxy) is 18. The number of hydrogen-bond donors (Lipinski definition) is 1. The molecule has 6 aromatic carbocycles. The van der Waals surface area contributed by atoms with Crippen molar-refractivity contribution in [2.45, 2.75) is 89.5 Å². The zero-order chi connectivity index (χ0) is 67.5. The van der Waals surface area contributed by atoms with Gasteiger partial charge < -0.3 is 91.8 Å². The molecule has 6 radical (unpaired) electrons. The van der Waals surface area contributed by atoms with Gasteiger partial charge in [-0.05, 0) is 106 Å². The summed E-state index contributed by atoms with van der Waals surface area (Å²) in [6.07, 6.45) is 2.63. The van der Waals surface area contributed by atoms with Crippen molar-refractivity contribution < 1.29 is 131 Å².